The van der Waals surface area contributed by atoms with Crippen LogP contribution in [0.15, 0.2) is 55.0 Å². The molecule has 1 N–H and O–H groups in total. The molecule has 0 spiro atoms. The fourth-order valence-electron chi connectivity index (χ4n) is 7.49. The Morgan fingerprint density at radius 1 is 0.939 bits per heavy atom. The van der Waals surface area contributed by atoms with Crippen molar-refractivity contribution in [3.63, 3.8) is 0 Å². The summed E-state index contributed by atoms with van der Waals surface area (Å²) in [5.74, 6) is -0.107. The van der Waals surface area contributed by atoms with E-state index in [2.05, 4.69) is 31.6 Å². The van der Waals surface area contributed by atoms with Crippen molar-refractivity contribution in [2.75, 3.05) is 18.1 Å². The van der Waals surface area contributed by atoms with Gasteiger partial charge in [0.05, 0.1) is 34.8 Å². The Morgan fingerprint density at radius 2 is 1.67 bits per heavy atom. The SMILES string of the molecule is Cc1cc(OCCCc2c3n(c4c(-c5c(C)ncnc5C)c(Cl)ccc24)CCCN(c2cc(C(=O)O)c4ccn(C)c4c2)C3)cc(C)c1Cl. The number of carboxylic acids is 1. The van der Waals surface area contributed by atoms with Gasteiger partial charge in [0.15, 0.2) is 0 Å². The number of ether oxygens (including phenoxy) is 1. The molecule has 0 saturated heterocycles. The van der Waals surface area contributed by atoms with E-state index in [1.807, 2.05) is 75.8 Å². The molecular weight excluding hydrogens is 657 g/mol. The average Bonchev–Trinajstić information content (AvgIpc) is 3.48. The molecule has 3 aromatic carbocycles. The number of aryl methyl sites for hydroxylation is 7. The fraction of sp³-hybridized carbons (Fsp3) is 0.308. The number of hydrogen-bond acceptors (Lipinski definition) is 5. The van der Waals surface area contributed by atoms with Crippen molar-refractivity contribution >= 4 is 56.7 Å². The van der Waals surface area contributed by atoms with Crippen LogP contribution in [-0.4, -0.2) is 43.3 Å². The van der Waals surface area contributed by atoms with Crippen LogP contribution in [0.2, 0.25) is 10.0 Å². The third-order valence-corrected chi connectivity index (χ3v) is 10.8. The van der Waals surface area contributed by atoms with Gasteiger partial charge in [-0.3, -0.25) is 0 Å². The highest BCUT2D eigenvalue weighted by atomic mass is 35.5. The first-order valence-corrected chi connectivity index (χ1v) is 17.4. The normalized spacial score (nSPS) is 13.2. The van der Waals surface area contributed by atoms with Crippen molar-refractivity contribution in [3.05, 3.63) is 104 Å². The molecule has 6 aromatic rings. The number of halogens is 2. The smallest absolute Gasteiger partial charge is 0.336 e. The van der Waals surface area contributed by atoms with Crippen LogP contribution in [0.1, 0.15) is 57.0 Å². The van der Waals surface area contributed by atoms with Gasteiger partial charge < -0.3 is 23.9 Å². The van der Waals surface area contributed by atoms with Crippen LogP contribution in [0, 0.1) is 27.7 Å². The Morgan fingerprint density at radius 3 is 2.39 bits per heavy atom. The van der Waals surface area contributed by atoms with E-state index in [1.54, 1.807) is 6.33 Å². The molecule has 0 radical (unpaired) electrons. The lowest BCUT2D eigenvalue weighted by Gasteiger charge is -2.24. The second-order valence-corrected chi connectivity index (χ2v) is 13.9. The van der Waals surface area contributed by atoms with Crippen LogP contribution in [0.5, 0.6) is 5.75 Å². The lowest BCUT2D eigenvalue weighted by atomic mass is 9.97. The predicted octanol–water partition coefficient (Wildman–Crippen LogP) is 9.25. The molecule has 4 heterocycles. The van der Waals surface area contributed by atoms with Crippen molar-refractivity contribution in [2.45, 2.75) is 60.0 Å². The number of fused-ring (bicyclic) bond motifs is 4. The van der Waals surface area contributed by atoms with Gasteiger partial charge in [-0.05, 0) is 100 Å². The number of nitrogens with zero attached hydrogens (tertiary/aromatic N) is 5. The summed E-state index contributed by atoms with van der Waals surface area (Å²) in [6.07, 6.45) is 5.98. The molecule has 0 amide bonds. The van der Waals surface area contributed by atoms with E-state index in [9.17, 15) is 9.90 Å². The lowest BCUT2D eigenvalue weighted by molar-refractivity contribution is 0.0699. The van der Waals surface area contributed by atoms with Crippen LogP contribution in [0.3, 0.4) is 0 Å². The second kappa shape index (κ2) is 13.1. The maximum absolute atomic E-state index is 12.4. The molecule has 3 aromatic heterocycles. The van der Waals surface area contributed by atoms with E-state index >= 15 is 0 Å². The molecule has 0 bridgehead atoms. The first-order chi connectivity index (χ1) is 23.5. The number of carbonyl (C=O) groups is 1. The largest absolute Gasteiger partial charge is 0.494 e. The van der Waals surface area contributed by atoms with Gasteiger partial charge in [0.2, 0.25) is 0 Å². The number of rotatable bonds is 8. The van der Waals surface area contributed by atoms with E-state index in [0.717, 1.165) is 104 Å². The summed E-state index contributed by atoms with van der Waals surface area (Å²) in [7, 11) is 1.95. The van der Waals surface area contributed by atoms with Crippen LogP contribution < -0.4 is 9.64 Å². The maximum atomic E-state index is 12.4. The van der Waals surface area contributed by atoms with Gasteiger partial charge in [0.1, 0.15) is 12.1 Å². The van der Waals surface area contributed by atoms with E-state index in [0.29, 0.717) is 23.7 Å². The van der Waals surface area contributed by atoms with Gasteiger partial charge >= 0.3 is 5.97 Å². The van der Waals surface area contributed by atoms with Crippen molar-refractivity contribution in [1.82, 2.24) is 19.1 Å². The number of benzene rings is 3. The van der Waals surface area contributed by atoms with Crippen LogP contribution in [0.25, 0.3) is 32.9 Å². The quantitative estimate of drug-likeness (QED) is 0.160. The predicted molar refractivity (Wildman–Crippen MR) is 198 cm³/mol. The number of aromatic nitrogens is 4. The summed E-state index contributed by atoms with van der Waals surface area (Å²) in [5.41, 5.74) is 11.3. The first-order valence-electron chi connectivity index (χ1n) is 16.6. The van der Waals surface area contributed by atoms with E-state index < -0.39 is 5.97 Å². The summed E-state index contributed by atoms with van der Waals surface area (Å²) in [5, 5.41) is 13.5. The molecule has 0 fully saturated rings. The zero-order valence-electron chi connectivity index (χ0n) is 28.4. The Hall–Kier alpha value is -4.53. The zero-order chi connectivity index (χ0) is 34.6. The summed E-state index contributed by atoms with van der Waals surface area (Å²) in [4.78, 5) is 23.8. The van der Waals surface area contributed by atoms with Crippen molar-refractivity contribution < 1.29 is 14.6 Å². The highest BCUT2D eigenvalue weighted by Gasteiger charge is 2.27. The third kappa shape index (κ3) is 5.91. The van der Waals surface area contributed by atoms with Gasteiger partial charge in [0.25, 0.3) is 0 Å². The highest BCUT2D eigenvalue weighted by molar-refractivity contribution is 6.35. The number of hydrogen-bond donors (Lipinski definition) is 1. The minimum atomic E-state index is -0.927. The molecule has 0 saturated carbocycles. The average molecular weight is 697 g/mol. The first kappa shape index (κ1) is 33.0. The number of carboxylic acid groups (broad SMARTS) is 1. The molecule has 7 rings (SSSR count). The topological polar surface area (TPSA) is 85.4 Å². The van der Waals surface area contributed by atoms with Crippen molar-refractivity contribution in [1.29, 1.82) is 0 Å². The lowest BCUT2D eigenvalue weighted by Crippen LogP contribution is -2.23. The standard InChI is InChI=1S/C39H39Cl2N5O3/c1-22-16-27(17-23(2)37(22)41)49-15-6-8-28-30-9-10-32(40)36(35-24(3)42-21-43-25(35)4)38(30)46-13-7-12-45(20-34(28)46)26-18-31(39(47)48)29-11-14-44(5)33(29)19-26/h9-11,14,16-19,21H,6-8,12-13,15,20H2,1-5H3,(H,47,48). The minimum absolute atomic E-state index is 0.312. The molecule has 1 aliphatic heterocycles. The third-order valence-electron chi connectivity index (χ3n) is 9.86. The van der Waals surface area contributed by atoms with Gasteiger partial charge in [-0.15, -0.1) is 0 Å². The second-order valence-electron chi connectivity index (χ2n) is 13.1. The van der Waals surface area contributed by atoms with Crippen molar-refractivity contribution in [3.8, 4) is 16.9 Å². The summed E-state index contributed by atoms with van der Waals surface area (Å²) < 4.78 is 10.7. The summed E-state index contributed by atoms with van der Waals surface area (Å²) in [6.45, 7) is 10.7. The fourth-order valence-corrected chi connectivity index (χ4v) is 7.84. The van der Waals surface area contributed by atoms with E-state index in [4.69, 9.17) is 27.9 Å². The molecule has 49 heavy (non-hydrogen) atoms. The van der Waals surface area contributed by atoms with Gasteiger partial charge in [-0.25, -0.2) is 14.8 Å². The molecule has 0 unspecified atom stereocenters. The monoisotopic (exact) mass is 695 g/mol. The Bertz CT molecular complexity index is 2230. The van der Waals surface area contributed by atoms with Crippen LogP contribution in [-0.2, 0) is 26.6 Å². The summed E-state index contributed by atoms with van der Waals surface area (Å²) in [6, 6.07) is 13.9. The molecule has 0 atom stereocenters. The zero-order valence-corrected chi connectivity index (χ0v) is 29.9. The van der Waals surface area contributed by atoms with Gasteiger partial charge in [-0.1, -0.05) is 29.3 Å². The molecular formula is C39H39Cl2N5O3. The number of aromatic carboxylic acids is 1. The maximum Gasteiger partial charge on any atom is 0.336 e. The Balaban J connectivity index is 1.33. The van der Waals surface area contributed by atoms with Gasteiger partial charge in [0, 0.05) is 76.0 Å². The highest BCUT2D eigenvalue weighted by Crippen LogP contribution is 2.43. The van der Waals surface area contributed by atoms with Gasteiger partial charge in [-0.2, -0.15) is 0 Å². The van der Waals surface area contributed by atoms with Crippen molar-refractivity contribution in [2.24, 2.45) is 7.05 Å². The molecule has 252 valence electrons. The Kier molecular flexibility index (Phi) is 8.80. The molecule has 1 aliphatic rings. The number of anilines is 1. The minimum Gasteiger partial charge on any atom is -0.494 e. The molecule has 8 nitrogen and oxygen atoms in total. The van der Waals surface area contributed by atoms with E-state index in [1.165, 1.54) is 11.3 Å². The molecule has 10 heteroatoms. The Labute approximate surface area is 295 Å². The molecule has 0 aliphatic carbocycles. The summed E-state index contributed by atoms with van der Waals surface area (Å²) >= 11 is 13.5. The van der Waals surface area contributed by atoms with E-state index in [-0.39, 0.29) is 0 Å². The van der Waals surface area contributed by atoms with Crippen LogP contribution in [0.4, 0.5) is 5.69 Å². The van der Waals surface area contributed by atoms with Crippen LogP contribution >= 0.6 is 23.2 Å².